The standard InChI is InChI=1S/C15H17F3N2O/c1-2-7-20-8-3-4-12(20)10-19-11-5-6-14(13(16)9-11)21-15(17)18/h3-6,8-9,15,19H,2,7,10H2,1H3. The lowest BCUT2D eigenvalue weighted by Gasteiger charge is -2.11. The smallest absolute Gasteiger partial charge is 0.387 e. The highest BCUT2D eigenvalue weighted by Crippen LogP contribution is 2.23. The van der Waals surface area contributed by atoms with Crippen LogP contribution in [0.3, 0.4) is 0 Å². The molecule has 1 heterocycles. The van der Waals surface area contributed by atoms with Gasteiger partial charge in [-0.3, -0.25) is 0 Å². The van der Waals surface area contributed by atoms with Crippen molar-refractivity contribution in [2.75, 3.05) is 5.32 Å². The van der Waals surface area contributed by atoms with Crippen molar-refractivity contribution >= 4 is 5.69 Å². The number of ether oxygens (including phenoxy) is 1. The van der Waals surface area contributed by atoms with Crippen LogP contribution >= 0.6 is 0 Å². The molecule has 0 radical (unpaired) electrons. The summed E-state index contributed by atoms with van der Waals surface area (Å²) in [6.07, 6.45) is 3.01. The average Bonchev–Trinajstić information content (AvgIpc) is 2.87. The normalized spacial score (nSPS) is 10.9. The van der Waals surface area contributed by atoms with E-state index < -0.39 is 18.2 Å². The Bertz CT molecular complexity index is 584. The van der Waals surface area contributed by atoms with Gasteiger partial charge in [0.1, 0.15) is 0 Å². The second kappa shape index (κ2) is 7.06. The van der Waals surface area contributed by atoms with Crippen molar-refractivity contribution in [2.24, 2.45) is 0 Å². The van der Waals surface area contributed by atoms with E-state index in [0.29, 0.717) is 12.2 Å². The lowest BCUT2D eigenvalue weighted by atomic mass is 10.2. The van der Waals surface area contributed by atoms with Gasteiger partial charge in [0.2, 0.25) is 0 Å². The maximum absolute atomic E-state index is 13.6. The van der Waals surface area contributed by atoms with Crippen LogP contribution in [-0.4, -0.2) is 11.2 Å². The zero-order valence-corrected chi connectivity index (χ0v) is 11.7. The van der Waals surface area contributed by atoms with Gasteiger partial charge in [0.05, 0.1) is 6.54 Å². The minimum absolute atomic E-state index is 0.454. The highest BCUT2D eigenvalue weighted by molar-refractivity contribution is 5.47. The van der Waals surface area contributed by atoms with Crippen molar-refractivity contribution in [2.45, 2.75) is 33.0 Å². The fourth-order valence-electron chi connectivity index (χ4n) is 2.06. The Morgan fingerprint density at radius 3 is 2.76 bits per heavy atom. The number of halogens is 3. The zero-order valence-electron chi connectivity index (χ0n) is 11.7. The minimum Gasteiger partial charge on any atom is -0.432 e. The maximum Gasteiger partial charge on any atom is 0.387 e. The zero-order chi connectivity index (χ0) is 15.2. The number of nitrogens with zero attached hydrogens (tertiary/aromatic N) is 1. The van der Waals surface area contributed by atoms with Gasteiger partial charge in [0.15, 0.2) is 11.6 Å². The fraction of sp³-hybridized carbons (Fsp3) is 0.333. The largest absolute Gasteiger partial charge is 0.432 e. The van der Waals surface area contributed by atoms with Crippen LogP contribution in [0, 0.1) is 5.82 Å². The van der Waals surface area contributed by atoms with E-state index in [2.05, 4.69) is 21.5 Å². The molecule has 1 aromatic carbocycles. The summed E-state index contributed by atoms with van der Waals surface area (Å²) < 4.78 is 43.8. The van der Waals surface area contributed by atoms with Gasteiger partial charge in [0, 0.05) is 30.2 Å². The Hall–Kier alpha value is -2.11. The molecule has 0 atom stereocenters. The molecule has 0 bridgehead atoms. The molecule has 114 valence electrons. The van der Waals surface area contributed by atoms with E-state index in [9.17, 15) is 13.2 Å². The number of anilines is 1. The second-order valence-electron chi connectivity index (χ2n) is 4.57. The summed E-state index contributed by atoms with van der Waals surface area (Å²) in [7, 11) is 0. The molecule has 2 rings (SSSR count). The van der Waals surface area contributed by atoms with E-state index in [1.165, 1.54) is 12.1 Å². The topological polar surface area (TPSA) is 26.2 Å². The maximum atomic E-state index is 13.6. The lowest BCUT2D eigenvalue weighted by Crippen LogP contribution is -2.08. The average molecular weight is 298 g/mol. The molecule has 0 spiro atoms. The van der Waals surface area contributed by atoms with E-state index in [1.807, 2.05) is 18.3 Å². The third kappa shape index (κ3) is 4.18. The Morgan fingerprint density at radius 2 is 2.10 bits per heavy atom. The summed E-state index contributed by atoms with van der Waals surface area (Å²) in [5.41, 5.74) is 1.59. The van der Waals surface area contributed by atoms with Crippen LogP contribution in [0.15, 0.2) is 36.5 Å². The number of hydrogen-bond donors (Lipinski definition) is 1. The van der Waals surface area contributed by atoms with Crippen LogP contribution in [0.1, 0.15) is 19.0 Å². The molecule has 6 heteroatoms. The number of aromatic nitrogens is 1. The van der Waals surface area contributed by atoms with E-state index in [1.54, 1.807) is 0 Å². The van der Waals surface area contributed by atoms with E-state index in [4.69, 9.17) is 0 Å². The SMILES string of the molecule is CCCn1cccc1CNc1ccc(OC(F)F)c(F)c1. The van der Waals surface area contributed by atoms with E-state index in [-0.39, 0.29) is 0 Å². The Labute approximate surface area is 121 Å². The van der Waals surface area contributed by atoms with Crippen molar-refractivity contribution in [3.05, 3.63) is 48.0 Å². The number of aryl methyl sites for hydroxylation is 1. The molecule has 0 saturated heterocycles. The van der Waals surface area contributed by atoms with Crippen molar-refractivity contribution < 1.29 is 17.9 Å². The molecule has 21 heavy (non-hydrogen) atoms. The van der Waals surface area contributed by atoms with Gasteiger partial charge in [-0.1, -0.05) is 6.92 Å². The van der Waals surface area contributed by atoms with E-state index >= 15 is 0 Å². The summed E-state index contributed by atoms with van der Waals surface area (Å²) in [5.74, 6) is -1.27. The molecule has 0 unspecified atom stereocenters. The van der Waals surface area contributed by atoms with Gasteiger partial charge >= 0.3 is 6.61 Å². The first kappa shape index (κ1) is 15.3. The monoisotopic (exact) mass is 298 g/mol. The van der Waals surface area contributed by atoms with Crippen LogP contribution in [0.4, 0.5) is 18.9 Å². The number of hydrogen-bond acceptors (Lipinski definition) is 2. The molecule has 1 N–H and O–H groups in total. The van der Waals surface area contributed by atoms with Gasteiger partial charge in [0.25, 0.3) is 0 Å². The van der Waals surface area contributed by atoms with Gasteiger partial charge in [-0.15, -0.1) is 0 Å². The number of benzene rings is 1. The van der Waals surface area contributed by atoms with Gasteiger partial charge in [-0.2, -0.15) is 8.78 Å². The molecule has 2 aromatic rings. The summed E-state index contributed by atoms with van der Waals surface area (Å²) in [6, 6.07) is 7.77. The quantitative estimate of drug-likeness (QED) is 0.827. The molecule has 0 aliphatic rings. The molecule has 0 aliphatic heterocycles. The minimum atomic E-state index is -3.03. The fourth-order valence-corrected chi connectivity index (χ4v) is 2.06. The summed E-state index contributed by atoms with van der Waals surface area (Å²) >= 11 is 0. The summed E-state index contributed by atoms with van der Waals surface area (Å²) in [6.45, 7) is 0.505. The number of alkyl halides is 2. The Kier molecular flexibility index (Phi) is 5.14. The van der Waals surface area contributed by atoms with Crippen molar-refractivity contribution in [1.29, 1.82) is 0 Å². The third-order valence-electron chi connectivity index (χ3n) is 3.01. The molecule has 0 amide bonds. The molecule has 0 aliphatic carbocycles. The number of rotatable bonds is 7. The molecule has 0 fully saturated rings. The van der Waals surface area contributed by atoms with Crippen LogP contribution in [0.25, 0.3) is 0 Å². The van der Waals surface area contributed by atoms with Crippen molar-refractivity contribution in [3.8, 4) is 5.75 Å². The van der Waals surface area contributed by atoms with E-state index in [0.717, 1.165) is 24.7 Å². The van der Waals surface area contributed by atoms with Crippen LogP contribution < -0.4 is 10.1 Å². The van der Waals surface area contributed by atoms with Crippen molar-refractivity contribution in [3.63, 3.8) is 0 Å². The molecular weight excluding hydrogens is 281 g/mol. The Morgan fingerprint density at radius 1 is 1.29 bits per heavy atom. The Balaban J connectivity index is 2.00. The van der Waals surface area contributed by atoms with Gasteiger partial charge in [-0.25, -0.2) is 4.39 Å². The lowest BCUT2D eigenvalue weighted by molar-refractivity contribution is -0.0521. The summed E-state index contributed by atoms with van der Waals surface area (Å²) in [4.78, 5) is 0. The first-order valence-electron chi connectivity index (χ1n) is 6.72. The van der Waals surface area contributed by atoms with Crippen LogP contribution in [-0.2, 0) is 13.1 Å². The van der Waals surface area contributed by atoms with Crippen molar-refractivity contribution in [1.82, 2.24) is 4.57 Å². The third-order valence-corrected chi connectivity index (χ3v) is 3.01. The first-order valence-corrected chi connectivity index (χ1v) is 6.72. The van der Waals surface area contributed by atoms with Crippen LogP contribution in [0.5, 0.6) is 5.75 Å². The van der Waals surface area contributed by atoms with Crippen LogP contribution in [0.2, 0.25) is 0 Å². The summed E-state index contributed by atoms with van der Waals surface area (Å²) in [5, 5.41) is 3.06. The van der Waals surface area contributed by atoms with Gasteiger partial charge < -0.3 is 14.6 Å². The molecule has 1 aromatic heterocycles. The highest BCUT2D eigenvalue weighted by Gasteiger charge is 2.10. The molecule has 0 saturated carbocycles. The molecule has 3 nitrogen and oxygen atoms in total. The van der Waals surface area contributed by atoms with Gasteiger partial charge in [-0.05, 0) is 30.7 Å². The second-order valence-corrected chi connectivity index (χ2v) is 4.57. The predicted octanol–water partition coefficient (Wildman–Crippen LogP) is 4.25. The first-order chi connectivity index (χ1) is 10.1. The number of nitrogens with one attached hydrogen (secondary N) is 1. The predicted molar refractivity (Wildman–Crippen MR) is 75.1 cm³/mol. The molecular formula is C15H17F3N2O. The highest BCUT2D eigenvalue weighted by atomic mass is 19.3.